The van der Waals surface area contributed by atoms with E-state index in [0.717, 1.165) is 5.56 Å². The molecular weight excluding hydrogens is 348 g/mol. The first kappa shape index (κ1) is 19.5. The van der Waals surface area contributed by atoms with Crippen LogP contribution in [0.25, 0.3) is 0 Å². The Balaban J connectivity index is 1.93. The molecule has 2 amide bonds. The van der Waals surface area contributed by atoms with Gasteiger partial charge in [0, 0.05) is 5.69 Å². The number of hydrogen-bond acceptors (Lipinski definition) is 6. The predicted molar refractivity (Wildman–Crippen MR) is 99.6 cm³/mol. The van der Waals surface area contributed by atoms with Gasteiger partial charge in [-0.25, -0.2) is 5.43 Å². The summed E-state index contributed by atoms with van der Waals surface area (Å²) < 4.78 is 10.4. The molecule has 0 aromatic heterocycles. The Morgan fingerprint density at radius 2 is 1.89 bits per heavy atom. The number of ether oxygens (including phenoxy) is 2. The van der Waals surface area contributed by atoms with Crippen LogP contribution in [0.15, 0.2) is 47.6 Å². The number of carbonyl (C=O) groups is 2. The van der Waals surface area contributed by atoms with Gasteiger partial charge in [-0.2, -0.15) is 10.4 Å². The van der Waals surface area contributed by atoms with Gasteiger partial charge in [-0.05, 0) is 42.8 Å². The molecule has 0 aliphatic rings. The van der Waals surface area contributed by atoms with E-state index >= 15 is 0 Å². The Hall–Kier alpha value is -3.86. The lowest BCUT2D eigenvalue weighted by molar-refractivity contribution is -0.136. The highest BCUT2D eigenvalue weighted by Crippen LogP contribution is 2.27. The number of hydrogen-bond donors (Lipinski definition) is 2. The first-order valence-electron chi connectivity index (χ1n) is 7.92. The molecule has 0 fully saturated rings. The van der Waals surface area contributed by atoms with Crippen LogP contribution in [0.5, 0.6) is 11.5 Å². The number of nitriles is 1. The van der Waals surface area contributed by atoms with Crippen molar-refractivity contribution in [3.63, 3.8) is 0 Å². The van der Waals surface area contributed by atoms with Crippen LogP contribution < -0.4 is 20.2 Å². The Bertz CT molecular complexity index is 886. The molecule has 2 N–H and O–H groups in total. The number of hydrazone groups is 1. The third-order valence-corrected chi connectivity index (χ3v) is 3.38. The van der Waals surface area contributed by atoms with Crippen LogP contribution in [-0.2, 0) is 9.59 Å². The number of aryl methyl sites for hydroxylation is 1. The highest BCUT2D eigenvalue weighted by molar-refractivity contribution is 6.39. The largest absolute Gasteiger partial charge is 0.493 e. The van der Waals surface area contributed by atoms with E-state index in [2.05, 4.69) is 15.8 Å². The molecule has 138 valence electrons. The third-order valence-electron chi connectivity index (χ3n) is 3.38. The number of rotatable bonds is 6. The molecule has 0 aliphatic carbocycles. The van der Waals surface area contributed by atoms with E-state index in [1.165, 1.54) is 13.3 Å². The van der Waals surface area contributed by atoms with Crippen molar-refractivity contribution in [3.05, 3.63) is 53.6 Å². The lowest BCUT2D eigenvalue weighted by Gasteiger charge is -2.08. The SMILES string of the molecule is COc1cc(/C=N\NC(=O)C(=O)Nc2ccc(C)cc2)ccc1OCC#N. The van der Waals surface area contributed by atoms with E-state index in [9.17, 15) is 9.59 Å². The molecule has 0 atom stereocenters. The van der Waals surface area contributed by atoms with Gasteiger partial charge in [-0.1, -0.05) is 17.7 Å². The number of amides is 2. The minimum atomic E-state index is -0.896. The maximum absolute atomic E-state index is 11.8. The van der Waals surface area contributed by atoms with Crippen LogP contribution in [0, 0.1) is 18.3 Å². The quantitative estimate of drug-likeness (QED) is 0.461. The summed E-state index contributed by atoms with van der Waals surface area (Å²) in [5.74, 6) is -0.892. The van der Waals surface area contributed by atoms with Gasteiger partial charge in [-0.3, -0.25) is 9.59 Å². The standard InChI is InChI=1S/C19H18N4O4/c1-13-3-6-15(7-4-13)22-18(24)19(25)23-21-12-14-5-8-16(27-10-9-20)17(11-14)26-2/h3-8,11-12H,10H2,1-2H3,(H,22,24)(H,23,25)/b21-12-. The summed E-state index contributed by atoms with van der Waals surface area (Å²) in [6.07, 6.45) is 1.35. The second-order valence-corrected chi connectivity index (χ2v) is 5.38. The smallest absolute Gasteiger partial charge is 0.329 e. The van der Waals surface area contributed by atoms with Gasteiger partial charge in [0.2, 0.25) is 0 Å². The Morgan fingerprint density at radius 3 is 2.56 bits per heavy atom. The Kier molecular flexibility index (Phi) is 6.91. The summed E-state index contributed by atoms with van der Waals surface area (Å²) in [5.41, 5.74) is 4.32. The van der Waals surface area contributed by atoms with Gasteiger partial charge in [0.1, 0.15) is 6.07 Å². The van der Waals surface area contributed by atoms with Crippen molar-refractivity contribution in [2.24, 2.45) is 5.10 Å². The maximum Gasteiger partial charge on any atom is 0.329 e. The van der Waals surface area contributed by atoms with Gasteiger partial charge in [0.25, 0.3) is 0 Å². The van der Waals surface area contributed by atoms with Crippen LogP contribution in [-0.4, -0.2) is 31.7 Å². The molecule has 2 aromatic carbocycles. The van der Waals surface area contributed by atoms with E-state index in [4.69, 9.17) is 14.7 Å². The number of benzene rings is 2. The number of nitrogens with zero attached hydrogens (tertiary/aromatic N) is 2. The molecule has 0 saturated heterocycles. The van der Waals surface area contributed by atoms with Crippen LogP contribution in [0.1, 0.15) is 11.1 Å². The summed E-state index contributed by atoms with van der Waals surface area (Å²) in [6.45, 7) is 1.82. The molecule has 2 aromatic rings. The second-order valence-electron chi connectivity index (χ2n) is 5.38. The van der Waals surface area contributed by atoms with Crippen molar-refractivity contribution < 1.29 is 19.1 Å². The summed E-state index contributed by atoms with van der Waals surface area (Å²) in [4.78, 5) is 23.6. The van der Waals surface area contributed by atoms with Crippen molar-refractivity contribution in [1.29, 1.82) is 5.26 Å². The zero-order chi connectivity index (χ0) is 19.6. The molecule has 2 rings (SSSR count). The molecule has 0 radical (unpaired) electrons. The molecular formula is C19H18N4O4. The van der Waals surface area contributed by atoms with Gasteiger partial charge in [0.05, 0.1) is 13.3 Å². The molecule has 27 heavy (non-hydrogen) atoms. The van der Waals surface area contributed by atoms with Crippen molar-refractivity contribution in [3.8, 4) is 17.6 Å². The molecule has 0 spiro atoms. The Morgan fingerprint density at radius 1 is 1.15 bits per heavy atom. The number of carbonyl (C=O) groups excluding carboxylic acids is 2. The summed E-state index contributed by atoms with van der Waals surface area (Å²) in [7, 11) is 1.46. The third kappa shape index (κ3) is 5.86. The van der Waals surface area contributed by atoms with Gasteiger partial charge in [-0.15, -0.1) is 0 Å². The maximum atomic E-state index is 11.8. The van der Waals surface area contributed by atoms with Gasteiger partial charge < -0.3 is 14.8 Å². The van der Waals surface area contributed by atoms with E-state index in [0.29, 0.717) is 22.7 Å². The molecule has 0 saturated carbocycles. The fourth-order valence-corrected chi connectivity index (χ4v) is 2.03. The van der Waals surface area contributed by atoms with E-state index in [1.54, 1.807) is 30.3 Å². The van der Waals surface area contributed by atoms with Crippen molar-refractivity contribution in [2.75, 3.05) is 19.0 Å². The second kappa shape index (κ2) is 9.58. The fourth-order valence-electron chi connectivity index (χ4n) is 2.03. The highest BCUT2D eigenvalue weighted by Gasteiger charge is 2.12. The van der Waals surface area contributed by atoms with E-state index in [1.807, 2.05) is 25.1 Å². The lowest BCUT2D eigenvalue weighted by Crippen LogP contribution is -2.32. The normalized spacial score (nSPS) is 10.1. The molecule has 0 bridgehead atoms. The average Bonchev–Trinajstić information content (AvgIpc) is 2.68. The predicted octanol–water partition coefficient (Wildman–Crippen LogP) is 1.99. The van der Waals surface area contributed by atoms with Crippen LogP contribution in [0.2, 0.25) is 0 Å². The molecule has 0 aliphatic heterocycles. The minimum absolute atomic E-state index is 0.101. The number of anilines is 1. The minimum Gasteiger partial charge on any atom is -0.493 e. The first-order valence-corrected chi connectivity index (χ1v) is 7.92. The van der Waals surface area contributed by atoms with Gasteiger partial charge >= 0.3 is 11.8 Å². The molecule has 8 heteroatoms. The van der Waals surface area contributed by atoms with Crippen molar-refractivity contribution in [1.82, 2.24) is 5.43 Å². The monoisotopic (exact) mass is 366 g/mol. The van der Waals surface area contributed by atoms with Crippen molar-refractivity contribution >= 4 is 23.7 Å². The molecule has 8 nitrogen and oxygen atoms in total. The summed E-state index contributed by atoms with van der Waals surface area (Å²) in [5, 5.41) is 14.8. The molecule has 0 unspecified atom stereocenters. The van der Waals surface area contributed by atoms with Crippen LogP contribution in [0.4, 0.5) is 5.69 Å². The molecule has 0 heterocycles. The number of nitrogens with one attached hydrogen (secondary N) is 2. The number of methoxy groups -OCH3 is 1. The Labute approximate surface area is 156 Å². The highest BCUT2D eigenvalue weighted by atomic mass is 16.5. The van der Waals surface area contributed by atoms with Crippen LogP contribution >= 0.6 is 0 Å². The lowest BCUT2D eigenvalue weighted by atomic mass is 10.2. The summed E-state index contributed by atoms with van der Waals surface area (Å²) in [6, 6.07) is 13.8. The topological polar surface area (TPSA) is 113 Å². The average molecular weight is 366 g/mol. The van der Waals surface area contributed by atoms with Gasteiger partial charge in [0.15, 0.2) is 18.1 Å². The zero-order valence-corrected chi connectivity index (χ0v) is 14.9. The van der Waals surface area contributed by atoms with E-state index in [-0.39, 0.29) is 6.61 Å². The summed E-state index contributed by atoms with van der Waals surface area (Å²) >= 11 is 0. The van der Waals surface area contributed by atoms with Crippen LogP contribution in [0.3, 0.4) is 0 Å². The fraction of sp³-hybridized carbons (Fsp3) is 0.158. The zero-order valence-electron chi connectivity index (χ0n) is 14.9. The van der Waals surface area contributed by atoms with Crippen molar-refractivity contribution in [2.45, 2.75) is 6.92 Å². The van der Waals surface area contributed by atoms with E-state index < -0.39 is 11.8 Å². The first-order chi connectivity index (χ1) is 13.0.